The Balaban J connectivity index is 1.43. The quantitative estimate of drug-likeness (QED) is 0.581. The molecule has 1 aromatic carbocycles. The number of hydrogen-bond acceptors (Lipinski definition) is 6. The molecule has 4 rings (SSSR count). The Morgan fingerprint density at radius 2 is 1.97 bits per heavy atom. The molecular formula is C21H25N3O6. The van der Waals surface area contributed by atoms with Crippen LogP contribution < -0.4 is 10.1 Å². The molecule has 2 fully saturated rings. The highest BCUT2D eigenvalue weighted by Crippen LogP contribution is 2.40. The van der Waals surface area contributed by atoms with E-state index in [2.05, 4.69) is 5.32 Å². The van der Waals surface area contributed by atoms with Crippen molar-refractivity contribution < 1.29 is 28.7 Å². The van der Waals surface area contributed by atoms with Gasteiger partial charge in [0.2, 0.25) is 5.91 Å². The Morgan fingerprint density at radius 1 is 1.23 bits per heavy atom. The number of urea groups is 1. The van der Waals surface area contributed by atoms with Gasteiger partial charge in [0.15, 0.2) is 5.54 Å². The first-order valence-corrected chi connectivity index (χ1v) is 10.3. The molecule has 3 aliphatic rings. The summed E-state index contributed by atoms with van der Waals surface area (Å²) in [5, 5.41) is 2.80. The van der Waals surface area contributed by atoms with Gasteiger partial charge in [-0.1, -0.05) is 18.2 Å². The van der Waals surface area contributed by atoms with Crippen molar-refractivity contribution in [1.29, 1.82) is 0 Å². The van der Waals surface area contributed by atoms with Crippen LogP contribution in [0.4, 0.5) is 4.79 Å². The van der Waals surface area contributed by atoms with Gasteiger partial charge in [-0.05, 0) is 25.8 Å². The van der Waals surface area contributed by atoms with Crippen LogP contribution in [0.25, 0.3) is 0 Å². The van der Waals surface area contributed by atoms with Crippen LogP contribution in [0, 0.1) is 5.92 Å². The number of nitrogens with zero attached hydrogens (tertiary/aromatic N) is 2. The third-order valence-corrected chi connectivity index (χ3v) is 6.02. The maximum Gasteiger partial charge on any atom is 0.325 e. The van der Waals surface area contributed by atoms with Crippen LogP contribution in [-0.4, -0.2) is 66.5 Å². The van der Waals surface area contributed by atoms with E-state index in [0.29, 0.717) is 56.9 Å². The van der Waals surface area contributed by atoms with Gasteiger partial charge in [0.05, 0.1) is 19.1 Å². The molecule has 9 heteroatoms. The standard InChI is InChI=1S/C21H25N3O6/c1-2-29-18(26)14-7-10-23(11-8-14)17(25)13-24-19(27)21(22-20(24)28)9-12-30-16-6-4-3-5-15(16)21/h3-6,14H,2,7-13H2,1H3,(H,22,28)/t21-/m0/s1. The van der Waals surface area contributed by atoms with Crippen molar-refractivity contribution in [2.45, 2.75) is 31.7 Å². The highest BCUT2D eigenvalue weighted by Gasteiger charge is 2.55. The van der Waals surface area contributed by atoms with E-state index < -0.39 is 17.5 Å². The summed E-state index contributed by atoms with van der Waals surface area (Å²) in [5.74, 6) is -0.630. The number of benzene rings is 1. The van der Waals surface area contributed by atoms with Gasteiger partial charge in [0, 0.05) is 25.1 Å². The molecule has 30 heavy (non-hydrogen) atoms. The predicted octanol–water partition coefficient (Wildman–Crippen LogP) is 1.02. The van der Waals surface area contributed by atoms with E-state index in [-0.39, 0.29) is 24.3 Å². The van der Waals surface area contributed by atoms with E-state index in [9.17, 15) is 19.2 Å². The fourth-order valence-electron chi connectivity index (χ4n) is 4.38. The van der Waals surface area contributed by atoms with Gasteiger partial charge < -0.3 is 19.7 Å². The molecule has 3 heterocycles. The summed E-state index contributed by atoms with van der Waals surface area (Å²) in [6, 6.07) is 6.54. The molecule has 4 amide bonds. The van der Waals surface area contributed by atoms with Gasteiger partial charge in [0.1, 0.15) is 12.3 Å². The number of rotatable bonds is 4. The van der Waals surface area contributed by atoms with Crippen LogP contribution in [0.2, 0.25) is 0 Å². The molecule has 1 aromatic rings. The lowest BCUT2D eigenvalue weighted by molar-refractivity contribution is -0.151. The van der Waals surface area contributed by atoms with Gasteiger partial charge in [0.25, 0.3) is 5.91 Å². The van der Waals surface area contributed by atoms with Gasteiger partial charge in [-0.15, -0.1) is 0 Å². The molecule has 1 spiro atoms. The highest BCUT2D eigenvalue weighted by atomic mass is 16.5. The predicted molar refractivity (Wildman–Crippen MR) is 104 cm³/mol. The molecule has 0 aromatic heterocycles. The number of amides is 4. The minimum atomic E-state index is -1.19. The summed E-state index contributed by atoms with van der Waals surface area (Å²) >= 11 is 0. The van der Waals surface area contributed by atoms with E-state index in [4.69, 9.17) is 9.47 Å². The van der Waals surface area contributed by atoms with Crippen LogP contribution in [-0.2, 0) is 24.7 Å². The molecule has 2 saturated heterocycles. The maximum absolute atomic E-state index is 13.2. The Hall–Kier alpha value is -3.10. The molecule has 9 nitrogen and oxygen atoms in total. The molecular weight excluding hydrogens is 390 g/mol. The molecule has 1 atom stereocenters. The molecule has 0 aliphatic carbocycles. The smallest absolute Gasteiger partial charge is 0.325 e. The average molecular weight is 415 g/mol. The average Bonchev–Trinajstić information content (AvgIpc) is 2.99. The van der Waals surface area contributed by atoms with Crippen molar-refractivity contribution in [3.63, 3.8) is 0 Å². The zero-order valence-electron chi connectivity index (χ0n) is 16.9. The Morgan fingerprint density at radius 3 is 2.70 bits per heavy atom. The fourth-order valence-corrected chi connectivity index (χ4v) is 4.38. The normalized spacial score (nSPS) is 23.8. The van der Waals surface area contributed by atoms with Gasteiger partial charge in [-0.2, -0.15) is 0 Å². The molecule has 3 aliphatic heterocycles. The SMILES string of the molecule is CCOC(=O)C1CCN(C(=O)CN2C(=O)N[C@]3(CCOc4ccccc43)C2=O)CC1. The number of carbonyl (C=O) groups is 4. The summed E-state index contributed by atoms with van der Waals surface area (Å²) in [4.78, 5) is 53.1. The summed E-state index contributed by atoms with van der Waals surface area (Å²) in [6.45, 7) is 2.87. The second-order valence-corrected chi connectivity index (χ2v) is 7.73. The van der Waals surface area contributed by atoms with E-state index in [1.807, 2.05) is 0 Å². The third-order valence-electron chi connectivity index (χ3n) is 6.02. The van der Waals surface area contributed by atoms with Gasteiger partial charge >= 0.3 is 12.0 Å². The molecule has 0 saturated carbocycles. The summed E-state index contributed by atoms with van der Waals surface area (Å²) in [5.41, 5.74) is -0.580. The van der Waals surface area contributed by atoms with Gasteiger partial charge in [-0.3, -0.25) is 19.3 Å². The van der Waals surface area contributed by atoms with Crippen LogP contribution in [0.15, 0.2) is 24.3 Å². The topological polar surface area (TPSA) is 105 Å². The lowest BCUT2D eigenvalue weighted by Crippen LogP contribution is -2.49. The van der Waals surface area contributed by atoms with Crippen molar-refractivity contribution >= 4 is 23.8 Å². The first-order chi connectivity index (χ1) is 14.5. The molecule has 1 N–H and O–H groups in total. The number of piperidine rings is 1. The van der Waals surface area contributed by atoms with Crippen molar-refractivity contribution in [2.75, 3.05) is 32.8 Å². The third kappa shape index (κ3) is 3.38. The van der Waals surface area contributed by atoms with Crippen molar-refractivity contribution in [3.05, 3.63) is 29.8 Å². The van der Waals surface area contributed by atoms with E-state index in [1.54, 1.807) is 36.1 Å². The second kappa shape index (κ2) is 7.97. The first-order valence-electron chi connectivity index (χ1n) is 10.3. The number of carbonyl (C=O) groups excluding carboxylic acids is 4. The lowest BCUT2D eigenvalue weighted by atomic mass is 9.84. The molecule has 160 valence electrons. The lowest BCUT2D eigenvalue weighted by Gasteiger charge is -2.33. The second-order valence-electron chi connectivity index (χ2n) is 7.73. The number of imide groups is 1. The zero-order valence-corrected chi connectivity index (χ0v) is 16.9. The van der Waals surface area contributed by atoms with Crippen LogP contribution in [0.5, 0.6) is 5.75 Å². The highest BCUT2D eigenvalue weighted by molar-refractivity contribution is 6.09. The monoisotopic (exact) mass is 415 g/mol. The summed E-state index contributed by atoms with van der Waals surface area (Å²) < 4.78 is 10.7. The van der Waals surface area contributed by atoms with Crippen LogP contribution in [0.3, 0.4) is 0 Å². The Kier molecular flexibility index (Phi) is 5.36. The summed E-state index contributed by atoms with van der Waals surface area (Å²) in [6.07, 6.45) is 1.34. The minimum absolute atomic E-state index is 0.215. The first kappa shape index (κ1) is 20.2. The number of esters is 1. The Labute approximate surface area is 174 Å². The fraction of sp³-hybridized carbons (Fsp3) is 0.524. The Bertz CT molecular complexity index is 879. The van der Waals surface area contributed by atoms with Crippen molar-refractivity contribution in [2.24, 2.45) is 5.92 Å². The molecule has 0 bridgehead atoms. The summed E-state index contributed by atoms with van der Waals surface area (Å²) in [7, 11) is 0. The number of nitrogens with one attached hydrogen (secondary N) is 1. The van der Waals surface area contributed by atoms with Gasteiger partial charge in [-0.25, -0.2) is 4.79 Å². The maximum atomic E-state index is 13.2. The number of fused-ring (bicyclic) bond motifs is 2. The zero-order chi connectivity index (χ0) is 21.3. The minimum Gasteiger partial charge on any atom is -0.493 e. The largest absolute Gasteiger partial charge is 0.493 e. The van der Waals surface area contributed by atoms with Crippen LogP contribution in [0.1, 0.15) is 31.7 Å². The van der Waals surface area contributed by atoms with E-state index >= 15 is 0 Å². The van der Waals surface area contributed by atoms with Crippen molar-refractivity contribution in [1.82, 2.24) is 15.1 Å². The van der Waals surface area contributed by atoms with E-state index in [0.717, 1.165) is 4.90 Å². The van der Waals surface area contributed by atoms with Crippen molar-refractivity contribution in [3.8, 4) is 5.75 Å². The van der Waals surface area contributed by atoms with E-state index in [1.165, 1.54) is 0 Å². The number of likely N-dealkylation sites (tertiary alicyclic amines) is 1. The number of para-hydroxylation sites is 1. The number of hydrogen-bond donors (Lipinski definition) is 1. The molecule has 0 radical (unpaired) electrons. The van der Waals surface area contributed by atoms with Crippen LogP contribution >= 0.6 is 0 Å². The number of ether oxygens (including phenoxy) is 2. The molecule has 0 unspecified atom stereocenters.